The average molecular weight is 415 g/mol. The lowest BCUT2D eigenvalue weighted by Crippen LogP contribution is -2.35. The van der Waals surface area contributed by atoms with Crippen molar-refractivity contribution in [2.24, 2.45) is 5.92 Å². The highest BCUT2D eigenvalue weighted by Gasteiger charge is 2.28. The third kappa shape index (κ3) is 4.82. The molecule has 154 valence electrons. The first-order chi connectivity index (χ1) is 13.9. The molecule has 0 aliphatic carbocycles. The maximum atomic E-state index is 12.7. The minimum atomic E-state index is -0.261. The number of carbonyl (C=O) groups excluding carboxylic acids is 1. The van der Waals surface area contributed by atoms with Crippen molar-refractivity contribution >= 4 is 17.7 Å². The molecule has 0 saturated carbocycles. The summed E-state index contributed by atoms with van der Waals surface area (Å²) in [5, 5.41) is 9.26. The van der Waals surface area contributed by atoms with Crippen LogP contribution in [-0.2, 0) is 11.3 Å². The number of methoxy groups -OCH3 is 1. The first kappa shape index (κ1) is 21.0. The molecule has 1 aromatic carbocycles. The van der Waals surface area contributed by atoms with Crippen molar-refractivity contribution in [2.75, 3.05) is 21.2 Å². The number of ether oxygens (including phenoxy) is 1. The van der Waals surface area contributed by atoms with E-state index < -0.39 is 0 Å². The Labute approximate surface area is 175 Å². The molecule has 3 aromatic rings. The molecule has 8 heteroatoms. The summed E-state index contributed by atoms with van der Waals surface area (Å²) in [5.41, 5.74) is 0.885. The van der Waals surface area contributed by atoms with E-state index in [9.17, 15) is 4.79 Å². The van der Waals surface area contributed by atoms with Gasteiger partial charge in [0.1, 0.15) is 11.5 Å². The second-order valence-corrected chi connectivity index (χ2v) is 8.33. The normalized spacial score (nSPS) is 12.2. The first-order valence-electron chi connectivity index (χ1n) is 9.38. The Kier molecular flexibility index (Phi) is 6.64. The Bertz CT molecular complexity index is 951. The largest absolute Gasteiger partial charge is 0.497 e. The van der Waals surface area contributed by atoms with E-state index in [-0.39, 0.29) is 17.1 Å². The number of benzene rings is 1. The summed E-state index contributed by atoms with van der Waals surface area (Å²) in [6, 6.07) is 11.4. The molecule has 0 saturated heterocycles. The van der Waals surface area contributed by atoms with Crippen LogP contribution in [0.1, 0.15) is 19.6 Å². The van der Waals surface area contributed by atoms with Crippen molar-refractivity contribution in [1.82, 2.24) is 19.7 Å². The van der Waals surface area contributed by atoms with E-state index in [0.717, 1.165) is 17.1 Å². The fourth-order valence-electron chi connectivity index (χ4n) is 2.89. The van der Waals surface area contributed by atoms with Gasteiger partial charge >= 0.3 is 0 Å². The highest BCUT2D eigenvalue weighted by Crippen LogP contribution is 2.32. The Hall–Kier alpha value is -2.74. The molecule has 29 heavy (non-hydrogen) atoms. The predicted molar refractivity (Wildman–Crippen MR) is 113 cm³/mol. The SMILES string of the molecule is COc1cccc(-c2nnc(SC(C(=O)N(C)C)C(C)C)n2Cc2ccco2)c1. The minimum absolute atomic E-state index is 0.0560. The number of hydrogen-bond donors (Lipinski definition) is 0. The molecule has 7 nitrogen and oxygen atoms in total. The Morgan fingerprint density at radius 1 is 1.24 bits per heavy atom. The molecule has 0 fully saturated rings. The highest BCUT2D eigenvalue weighted by molar-refractivity contribution is 8.00. The van der Waals surface area contributed by atoms with Gasteiger partial charge < -0.3 is 14.1 Å². The summed E-state index contributed by atoms with van der Waals surface area (Å²) in [4.78, 5) is 14.3. The van der Waals surface area contributed by atoms with Crippen molar-refractivity contribution < 1.29 is 13.9 Å². The van der Waals surface area contributed by atoms with Crippen LogP contribution in [-0.4, -0.2) is 52.0 Å². The molecule has 2 aromatic heterocycles. The average Bonchev–Trinajstić information content (AvgIpc) is 3.36. The summed E-state index contributed by atoms with van der Waals surface area (Å²) in [6.45, 7) is 4.54. The standard InChI is InChI=1S/C21H26N4O3S/c1-14(2)18(20(26)24(3)4)29-21-23-22-19(15-8-6-9-16(12-15)27-5)25(21)13-17-10-7-11-28-17/h6-12,14,18H,13H2,1-5H3. The number of rotatable bonds is 8. The number of nitrogens with zero attached hydrogens (tertiary/aromatic N) is 4. The summed E-state index contributed by atoms with van der Waals surface area (Å²) < 4.78 is 12.9. The van der Waals surface area contributed by atoms with Gasteiger partial charge in [0.25, 0.3) is 0 Å². The van der Waals surface area contributed by atoms with E-state index in [1.807, 2.05) is 54.8 Å². The molecular formula is C21H26N4O3S. The number of aromatic nitrogens is 3. The summed E-state index contributed by atoms with van der Waals surface area (Å²) in [7, 11) is 5.18. The molecule has 1 amide bonds. The minimum Gasteiger partial charge on any atom is -0.497 e. The van der Waals surface area contributed by atoms with Crippen LogP contribution >= 0.6 is 11.8 Å². The molecule has 0 N–H and O–H groups in total. The van der Waals surface area contributed by atoms with Crippen LogP contribution in [0.3, 0.4) is 0 Å². The lowest BCUT2D eigenvalue weighted by atomic mass is 10.1. The maximum Gasteiger partial charge on any atom is 0.235 e. The van der Waals surface area contributed by atoms with Gasteiger partial charge in [-0.05, 0) is 30.2 Å². The molecule has 1 atom stereocenters. The summed E-state index contributed by atoms with van der Waals surface area (Å²) in [5.74, 6) is 2.43. The Morgan fingerprint density at radius 2 is 2.03 bits per heavy atom. The molecule has 2 heterocycles. The molecule has 0 radical (unpaired) electrons. The fourth-order valence-corrected chi connectivity index (χ4v) is 4.07. The lowest BCUT2D eigenvalue weighted by molar-refractivity contribution is -0.128. The molecular weight excluding hydrogens is 388 g/mol. The lowest BCUT2D eigenvalue weighted by Gasteiger charge is -2.23. The van der Waals surface area contributed by atoms with Crippen LogP contribution in [0.2, 0.25) is 0 Å². The monoisotopic (exact) mass is 414 g/mol. The number of hydrogen-bond acceptors (Lipinski definition) is 6. The van der Waals surface area contributed by atoms with Gasteiger partial charge in [-0.15, -0.1) is 10.2 Å². The second-order valence-electron chi connectivity index (χ2n) is 7.22. The zero-order chi connectivity index (χ0) is 21.0. The molecule has 0 bridgehead atoms. The van der Waals surface area contributed by atoms with Crippen molar-refractivity contribution in [3.8, 4) is 17.1 Å². The van der Waals surface area contributed by atoms with Gasteiger partial charge in [0, 0.05) is 19.7 Å². The van der Waals surface area contributed by atoms with Crippen molar-refractivity contribution in [1.29, 1.82) is 0 Å². The van der Waals surface area contributed by atoms with Gasteiger partial charge in [-0.3, -0.25) is 9.36 Å². The van der Waals surface area contributed by atoms with E-state index in [0.29, 0.717) is 17.5 Å². The topological polar surface area (TPSA) is 73.4 Å². The van der Waals surface area contributed by atoms with Gasteiger partial charge in [-0.1, -0.05) is 37.7 Å². The van der Waals surface area contributed by atoms with Crippen LogP contribution < -0.4 is 4.74 Å². The second kappa shape index (κ2) is 9.17. The zero-order valence-electron chi connectivity index (χ0n) is 17.3. The van der Waals surface area contributed by atoms with E-state index in [1.165, 1.54) is 11.8 Å². The smallest absolute Gasteiger partial charge is 0.235 e. The number of amides is 1. The van der Waals surface area contributed by atoms with Crippen molar-refractivity contribution in [3.63, 3.8) is 0 Å². The van der Waals surface area contributed by atoms with E-state index in [1.54, 1.807) is 32.4 Å². The zero-order valence-corrected chi connectivity index (χ0v) is 18.1. The predicted octanol–water partition coefficient (Wildman–Crippen LogP) is 3.80. The number of furan rings is 1. The van der Waals surface area contributed by atoms with Crippen LogP contribution in [0.5, 0.6) is 5.75 Å². The van der Waals surface area contributed by atoms with Crippen molar-refractivity contribution in [2.45, 2.75) is 30.8 Å². The van der Waals surface area contributed by atoms with Crippen LogP contribution in [0, 0.1) is 5.92 Å². The molecule has 0 spiro atoms. The number of carbonyl (C=O) groups is 1. The highest BCUT2D eigenvalue weighted by atomic mass is 32.2. The van der Waals surface area contributed by atoms with Gasteiger partial charge in [-0.25, -0.2) is 0 Å². The van der Waals surface area contributed by atoms with E-state index >= 15 is 0 Å². The van der Waals surface area contributed by atoms with Gasteiger partial charge in [0.2, 0.25) is 5.91 Å². The van der Waals surface area contributed by atoms with Gasteiger partial charge in [0.05, 0.1) is 25.2 Å². The summed E-state index contributed by atoms with van der Waals surface area (Å²) in [6.07, 6.45) is 1.64. The maximum absolute atomic E-state index is 12.7. The third-order valence-electron chi connectivity index (χ3n) is 4.46. The Balaban J connectivity index is 2.02. The van der Waals surface area contributed by atoms with E-state index in [4.69, 9.17) is 9.15 Å². The molecule has 0 aliphatic rings. The molecule has 3 rings (SSSR count). The van der Waals surface area contributed by atoms with Crippen LogP contribution in [0.4, 0.5) is 0 Å². The molecule has 1 unspecified atom stereocenters. The third-order valence-corrected chi connectivity index (χ3v) is 5.97. The van der Waals surface area contributed by atoms with Gasteiger partial charge in [-0.2, -0.15) is 0 Å². The summed E-state index contributed by atoms with van der Waals surface area (Å²) >= 11 is 1.43. The Morgan fingerprint density at radius 3 is 2.66 bits per heavy atom. The van der Waals surface area contributed by atoms with E-state index in [2.05, 4.69) is 10.2 Å². The van der Waals surface area contributed by atoms with Crippen molar-refractivity contribution in [3.05, 3.63) is 48.4 Å². The quantitative estimate of drug-likeness (QED) is 0.522. The molecule has 0 aliphatic heterocycles. The van der Waals surface area contributed by atoms with Crippen LogP contribution in [0.25, 0.3) is 11.4 Å². The number of thioether (sulfide) groups is 1. The van der Waals surface area contributed by atoms with Gasteiger partial charge in [0.15, 0.2) is 11.0 Å². The van der Waals surface area contributed by atoms with Crippen LogP contribution in [0.15, 0.2) is 52.2 Å². The fraction of sp³-hybridized carbons (Fsp3) is 0.381. The first-order valence-corrected chi connectivity index (χ1v) is 10.3.